The van der Waals surface area contributed by atoms with Gasteiger partial charge in [0, 0.05) is 0 Å². The highest BCUT2D eigenvalue weighted by Gasteiger charge is 1.93. The van der Waals surface area contributed by atoms with Crippen molar-refractivity contribution in [2.75, 3.05) is 0 Å². The molecule has 0 spiro atoms. The molecule has 0 aromatic rings. The summed E-state index contributed by atoms with van der Waals surface area (Å²) in [7, 11) is 0.652. The molecule has 0 aliphatic rings. The van der Waals surface area contributed by atoms with Gasteiger partial charge in [0.2, 0.25) is 0 Å². The third kappa shape index (κ3) is 6.88. The van der Waals surface area contributed by atoms with Gasteiger partial charge in [-0.3, -0.25) is 0 Å². The Hall–Kier alpha value is -1.13. The lowest BCUT2D eigenvalue weighted by molar-refractivity contribution is 1.69. The zero-order valence-corrected chi connectivity index (χ0v) is 10.5. The maximum atomic E-state index is 3.81. The van der Waals surface area contributed by atoms with Crippen molar-refractivity contribution in [3.8, 4) is 0 Å². The second kappa shape index (κ2) is 9.43. The van der Waals surface area contributed by atoms with Crippen molar-refractivity contribution in [2.45, 2.75) is 13.8 Å². The topological polar surface area (TPSA) is 0 Å². The summed E-state index contributed by atoms with van der Waals surface area (Å²) < 4.78 is 0. The monoisotopic (exact) mass is 218 g/mol. The molecule has 0 aromatic heterocycles. The molecular formula is C14H19P. The van der Waals surface area contributed by atoms with Crippen LogP contribution in [0.25, 0.3) is 0 Å². The molecule has 0 aliphatic carbocycles. The molecule has 0 nitrogen and oxygen atoms in total. The Morgan fingerprint density at radius 2 is 1.80 bits per heavy atom. The van der Waals surface area contributed by atoms with Crippen molar-refractivity contribution in [2.24, 2.45) is 0 Å². The maximum absolute atomic E-state index is 3.81. The van der Waals surface area contributed by atoms with Crippen molar-refractivity contribution in [1.82, 2.24) is 0 Å². The number of allylic oxidation sites excluding steroid dienone is 10. The van der Waals surface area contributed by atoms with E-state index in [-0.39, 0.29) is 0 Å². The molecule has 0 amide bonds. The highest BCUT2D eigenvalue weighted by atomic mass is 31.1. The lowest BCUT2D eigenvalue weighted by Gasteiger charge is -2.02. The SMILES string of the molecule is C=C/C=C\C(=C/C)P/C(C=C)=C/C=C\C. The molecule has 0 aromatic carbocycles. The molecule has 0 fully saturated rings. The lowest BCUT2D eigenvalue weighted by atomic mass is 10.4. The van der Waals surface area contributed by atoms with Gasteiger partial charge in [0.05, 0.1) is 0 Å². The summed E-state index contributed by atoms with van der Waals surface area (Å²) in [5.74, 6) is 0. The molecule has 0 radical (unpaired) electrons. The van der Waals surface area contributed by atoms with Crippen LogP contribution in [0.3, 0.4) is 0 Å². The third-order valence-corrected chi connectivity index (χ3v) is 3.10. The van der Waals surface area contributed by atoms with Crippen LogP contribution in [0.1, 0.15) is 13.8 Å². The van der Waals surface area contributed by atoms with Gasteiger partial charge in [0.15, 0.2) is 0 Å². The average Bonchev–Trinajstić information content (AvgIpc) is 2.28. The van der Waals surface area contributed by atoms with E-state index in [1.807, 2.05) is 38.2 Å². The van der Waals surface area contributed by atoms with Gasteiger partial charge in [-0.25, -0.2) is 0 Å². The Labute approximate surface area is 95.3 Å². The minimum absolute atomic E-state index is 0.652. The second-order valence-electron chi connectivity index (χ2n) is 2.82. The van der Waals surface area contributed by atoms with Gasteiger partial charge in [0.1, 0.15) is 0 Å². The van der Waals surface area contributed by atoms with Crippen LogP contribution in [0.5, 0.6) is 0 Å². The Kier molecular flexibility index (Phi) is 8.72. The van der Waals surface area contributed by atoms with Gasteiger partial charge < -0.3 is 0 Å². The third-order valence-electron chi connectivity index (χ3n) is 1.70. The van der Waals surface area contributed by atoms with E-state index in [4.69, 9.17) is 0 Å². The predicted molar refractivity (Wildman–Crippen MR) is 74.5 cm³/mol. The van der Waals surface area contributed by atoms with Crippen molar-refractivity contribution < 1.29 is 0 Å². The molecule has 0 heterocycles. The molecule has 0 saturated carbocycles. The van der Waals surface area contributed by atoms with Crippen LogP contribution < -0.4 is 0 Å². The van der Waals surface area contributed by atoms with Crippen molar-refractivity contribution in [3.63, 3.8) is 0 Å². The van der Waals surface area contributed by atoms with E-state index in [1.54, 1.807) is 6.08 Å². The first-order valence-electron chi connectivity index (χ1n) is 4.96. The van der Waals surface area contributed by atoms with Gasteiger partial charge in [-0.05, 0) is 24.5 Å². The average molecular weight is 218 g/mol. The standard InChI is InChI=1S/C14H19P/c1-5-9-11-13(7-3)15-14(8-4)12-10-6-2/h5-12,15H,1,4H2,2-3H3/b10-6-,11-9-,13-7+,14-12+. The fourth-order valence-electron chi connectivity index (χ4n) is 0.909. The molecule has 1 unspecified atom stereocenters. The van der Waals surface area contributed by atoms with Crippen LogP contribution in [-0.4, -0.2) is 0 Å². The van der Waals surface area contributed by atoms with Crippen LogP contribution in [0.2, 0.25) is 0 Å². The van der Waals surface area contributed by atoms with Crippen molar-refractivity contribution in [3.05, 3.63) is 72.4 Å². The quantitative estimate of drug-likeness (QED) is 0.436. The first kappa shape index (κ1) is 13.9. The van der Waals surface area contributed by atoms with Gasteiger partial charge in [0.25, 0.3) is 0 Å². The fraction of sp³-hybridized carbons (Fsp3) is 0.143. The number of hydrogen-bond donors (Lipinski definition) is 0. The summed E-state index contributed by atoms with van der Waals surface area (Å²) in [6.45, 7) is 11.5. The summed E-state index contributed by atoms with van der Waals surface area (Å²) in [6.07, 6.45) is 16.0. The molecule has 1 atom stereocenters. The first-order valence-corrected chi connectivity index (χ1v) is 5.96. The Bertz CT molecular complexity index is 314. The number of rotatable bonds is 6. The molecule has 0 N–H and O–H groups in total. The van der Waals surface area contributed by atoms with Crippen LogP contribution >= 0.6 is 8.58 Å². The van der Waals surface area contributed by atoms with Crippen molar-refractivity contribution in [1.29, 1.82) is 0 Å². The highest BCUT2D eigenvalue weighted by Crippen LogP contribution is 2.34. The van der Waals surface area contributed by atoms with E-state index in [0.29, 0.717) is 8.58 Å². The minimum atomic E-state index is 0.652. The van der Waals surface area contributed by atoms with Crippen LogP contribution in [0, 0.1) is 0 Å². The number of hydrogen-bond acceptors (Lipinski definition) is 0. The molecule has 1 heteroatoms. The normalized spacial score (nSPS) is 14.5. The summed E-state index contributed by atoms with van der Waals surface area (Å²) >= 11 is 0. The Balaban J connectivity index is 4.58. The van der Waals surface area contributed by atoms with E-state index in [9.17, 15) is 0 Å². The van der Waals surface area contributed by atoms with E-state index >= 15 is 0 Å². The van der Waals surface area contributed by atoms with E-state index in [1.165, 1.54) is 10.6 Å². The summed E-state index contributed by atoms with van der Waals surface area (Å²) in [5, 5.41) is 2.54. The fourth-order valence-corrected chi connectivity index (χ4v) is 1.85. The molecule has 0 bridgehead atoms. The zero-order valence-electron chi connectivity index (χ0n) is 9.53. The van der Waals surface area contributed by atoms with Gasteiger partial charge in [-0.1, -0.05) is 70.3 Å². The van der Waals surface area contributed by atoms with E-state index in [0.717, 1.165) is 0 Å². The van der Waals surface area contributed by atoms with Crippen LogP contribution in [0.15, 0.2) is 72.4 Å². The smallest absolute Gasteiger partial charge is 0.0232 e. The van der Waals surface area contributed by atoms with Crippen molar-refractivity contribution >= 4 is 8.58 Å². The van der Waals surface area contributed by atoms with E-state index in [2.05, 4.69) is 31.4 Å². The van der Waals surface area contributed by atoms with E-state index < -0.39 is 0 Å². The summed E-state index contributed by atoms with van der Waals surface area (Å²) in [4.78, 5) is 0. The van der Waals surface area contributed by atoms with Crippen LogP contribution in [0.4, 0.5) is 0 Å². The lowest BCUT2D eigenvalue weighted by Crippen LogP contribution is -1.69. The minimum Gasteiger partial charge on any atom is -0.0991 e. The van der Waals surface area contributed by atoms with Gasteiger partial charge in [-0.2, -0.15) is 0 Å². The molecule has 0 saturated heterocycles. The van der Waals surface area contributed by atoms with Gasteiger partial charge >= 0.3 is 0 Å². The molecule has 80 valence electrons. The summed E-state index contributed by atoms with van der Waals surface area (Å²) in [5.41, 5.74) is 0. The molecule has 15 heavy (non-hydrogen) atoms. The highest BCUT2D eigenvalue weighted by molar-refractivity contribution is 7.48. The van der Waals surface area contributed by atoms with Crippen LogP contribution in [-0.2, 0) is 0 Å². The second-order valence-corrected chi connectivity index (χ2v) is 4.22. The Morgan fingerprint density at radius 3 is 2.27 bits per heavy atom. The maximum Gasteiger partial charge on any atom is -0.0232 e. The largest absolute Gasteiger partial charge is 0.0991 e. The predicted octanol–water partition coefficient (Wildman–Crippen LogP) is 4.96. The molecule has 0 aliphatic heterocycles. The molecular weight excluding hydrogens is 199 g/mol. The first-order chi connectivity index (χ1) is 7.28. The van der Waals surface area contributed by atoms with Gasteiger partial charge in [-0.15, -0.1) is 0 Å². The zero-order chi connectivity index (χ0) is 11.5. The summed E-state index contributed by atoms with van der Waals surface area (Å²) in [6, 6.07) is 0. The molecule has 0 rings (SSSR count). The Morgan fingerprint density at radius 1 is 1.07 bits per heavy atom.